The molecule has 2 amide bonds. The minimum Gasteiger partial charge on any atom is -0.494 e. The molecule has 2 aliphatic heterocycles. The molecule has 2 heterocycles. The van der Waals surface area contributed by atoms with Crippen LogP contribution in [0.25, 0.3) is 0 Å². The van der Waals surface area contributed by atoms with Crippen LogP contribution in [-0.2, 0) is 22.6 Å². The summed E-state index contributed by atoms with van der Waals surface area (Å²) >= 11 is 0. The molecule has 2 aliphatic rings. The Hall–Kier alpha value is -2.24. The largest absolute Gasteiger partial charge is 0.494 e. The number of benzene rings is 1. The van der Waals surface area contributed by atoms with E-state index in [-0.39, 0.29) is 24.0 Å². The van der Waals surface area contributed by atoms with E-state index in [1.807, 2.05) is 26.0 Å². The maximum atomic E-state index is 12.5. The summed E-state index contributed by atoms with van der Waals surface area (Å²) in [5, 5.41) is 2.96. The van der Waals surface area contributed by atoms with E-state index in [1.165, 1.54) is 6.92 Å². The molecule has 1 aromatic rings. The van der Waals surface area contributed by atoms with Gasteiger partial charge in [-0.1, -0.05) is 0 Å². The van der Waals surface area contributed by atoms with E-state index in [9.17, 15) is 9.59 Å². The van der Waals surface area contributed by atoms with Gasteiger partial charge in [0.1, 0.15) is 23.6 Å². The van der Waals surface area contributed by atoms with Crippen molar-refractivity contribution in [3.8, 4) is 11.5 Å². The number of likely N-dealkylation sites (tertiary alicyclic amines) is 1. The van der Waals surface area contributed by atoms with Crippen molar-refractivity contribution in [1.29, 1.82) is 0 Å². The van der Waals surface area contributed by atoms with Gasteiger partial charge in [-0.25, -0.2) is 0 Å². The molecule has 0 radical (unpaired) electrons. The highest BCUT2D eigenvalue weighted by Gasteiger charge is 2.32. The van der Waals surface area contributed by atoms with Crippen LogP contribution < -0.4 is 14.8 Å². The first-order chi connectivity index (χ1) is 12.0. The molecule has 1 aromatic carbocycles. The first-order valence-electron chi connectivity index (χ1n) is 8.99. The monoisotopic (exact) mass is 346 g/mol. The van der Waals surface area contributed by atoms with Crippen molar-refractivity contribution in [1.82, 2.24) is 10.2 Å². The Morgan fingerprint density at radius 3 is 2.92 bits per heavy atom. The van der Waals surface area contributed by atoms with E-state index < -0.39 is 0 Å². The van der Waals surface area contributed by atoms with Crippen LogP contribution in [0, 0.1) is 0 Å². The van der Waals surface area contributed by atoms with E-state index in [0.717, 1.165) is 35.5 Å². The summed E-state index contributed by atoms with van der Waals surface area (Å²) in [6, 6.07) is 3.61. The number of carbonyl (C=O) groups is 2. The Kier molecular flexibility index (Phi) is 5.16. The smallest absolute Gasteiger partial charge is 0.243 e. The van der Waals surface area contributed by atoms with Crippen LogP contribution >= 0.6 is 0 Å². The molecule has 2 unspecified atom stereocenters. The van der Waals surface area contributed by atoms with Crippen molar-refractivity contribution in [2.24, 2.45) is 0 Å². The average Bonchev–Trinajstić information content (AvgIpc) is 3.18. The molecule has 0 bridgehead atoms. The van der Waals surface area contributed by atoms with Gasteiger partial charge >= 0.3 is 0 Å². The van der Waals surface area contributed by atoms with Crippen LogP contribution in [0.4, 0.5) is 0 Å². The van der Waals surface area contributed by atoms with Crippen molar-refractivity contribution < 1.29 is 19.1 Å². The molecule has 25 heavy (non-hydrogen) atoms. The number of nitrogens with one attached hydrogen (secondary N) is 1. The van der Waals surface area contributed by atoms with Gasteiger partial charge in [-0.15, -0.1) is 0 Å². The molecule has 0 aromatic heterocycles. The second kappa shape index (κ2) is 7.33. The fraction of sp³-hybridized carbons (Fsp3) is 0.579. The Morgan fingerprint density at radius 1 is 1.40 bits per heavy atom. The fourth-order valence-electron chi connectivity index (χ4n) is 3.63. The number of fused-ring (bicyclic) bond motifs is 1. The van der Waals surface area contributed by atoms with Crippen LogP contribution in [0.5, 0.6) is 11.5 Å². The number of nitrogens with zero attached hydrogens (tertiary/aromatic N) is 1. The van der Waals surface area contributed by atoms with E-state index in [4.69, 9.17) is 9.47 Å². The number of amides is 2. The highest BCUT2D eigenvalue weighted by molar-refractivity contribution is 5.87. The summed E-state index contributed by atoms with van der Waals surface area (Å²) in [7, 11) is 0. The maximum Gasteiger partial charge on any atom is 0.243 e. The van der Waals surface area contributed by atoms with Gasteiger partial charge in [-0.3, -0.25) is 9.59 Å². The third-order valence-electron chi connectivity index (χ3n) is 4.79. The molecule has 1 N–H and O–H groups in total. The second-order valence-corrected chi connectivity index (χ2v) is 6.72. The average molecular weight is 346 g/mol. The van der Waals surface area contributed by atoms with Crippen LogP contribution in [0.1, 0.15) is 44.7 Å². The third-order valence-corrected chi connectivity index (χ3v) is 4.79. The Morgan fingerprint density at radius 2 is 2.20 bits per heavy atom. The Bertz CT molecular complexity index is 674. The van der Waals surface area contributed by atoms with Gasteiger partial charge in [0.15, 0.2) is 0 Å². The van der Waals surface area contributed by atoms with Crippen LogP contribution in [0.2, 0.25) is 0 Å². The molecule has 136 valence electrons. The van der Waals surface area contributed by atoms with E-state index in [2.05, 4.69) is 5.32 Å². The lowest BCUT2D eigenvalue weighted by Gasteiger charge is -2.22. The summed E-state index contributed by atoms with van der Waals surface area (Å²) in [6.45, 7) is 7.08. The lowest BCUT2D eigenvalue weighted by molar-refractivity contribution is -0.136. The maximum absolute atomic E-state index is 12.5. The SMILES string of the molecule is CCOc1cc2c(cc1CNC(=O)C1CCCN1C(C)=O)OC(C)C2. The molecule has 6 nitrogen and oxygen atoms in total. The molecule has 1 saturated heterocycles. The number of hydrogen-bond acceptors (Lipinski definition) is 4. The van der Waals surface area contributed by atoms with Gasteiger partial charge in [-0.05, 0) is 38.8 Å². The zero-order chi connectivity index (χ0) is 18.0. The third kappa shape index (κ3) is 3.72. The standard InChI is InChI=1S/C19H26N2O4/c1-4-24-17-9-14-8-12(2)25-18(14)10-15(17)11-20-19(23)16-6-5-7-21(16)13(3)22/h9-10,12,16H,4-8,11H2,1-3H3,(H,20,23). The van der Waals surface area contributed by atoms with Crippen LogP contribution in [0.15, 0.2) is 12.1 Å². The number of rotatable bonds is 5. The lowest BCUT2D eigenvalue weighted by atomic mass is 10.1. The first-order valence-corrected chi connectivity index (χ1v) is 8.99. The predicted octanol–water partition coefficient (Wildman–Crippen LogP) is 2.04. The predicted molar refractivity (Wildman–Crippen MR) is 93.7 cm³/mol. The van der Waals surface area contributed by atoms with Crippen molar-refractivity contribution in [2.45, 2.75) is 58.7 Å². The van der Waals surface area contributed by atoms with Gasteiger partial charge < -0.3 is 19.7 Å². The molecule has 0 saturated carbocycles. The minimum atomic E-state index is -0.362. The number of ether oxygens (including phenoxy) is 2. The summed E-state index contributed by atoms with van der Waals surface area (Å²) in [4.78, 5) is 25.8. The highest BCUT2D eigenvalue weighted by atomic mass is 16.5. The van der Waals surface area contributed by atoms with E-state index in [1.54, 1.807) is 4.90 Å². The lowest BCUT2D eigenvalue weighted by Crippen LogP contribution is -2.44. The van der Waals surface area contributed by atoms with Crippen molar-refractivity contribution in [3.05, 3.63) is 23.3 Å². The van der Waals surface area contributed by atoms with Crippen molar-refractivity contribution in [3.63, 3.8) is 0 Å². The Labute approximate surface area is 148 Å². The Balaban J connectivity index is 1.71. The van der Waals surface area contributed by atoms with Crippen LogP contribution in [0.3, 0.4) is 0 Å². The summed E-state index contributed by atoms with van der Waals surface area (Å²) < 4.78 is 11.6. The van der Waals surface area contributed by atoms with Gasteiger partial charge in [0.2, 0.25) is 11.8 Å². The van der Waals surface area contributed by atoms with E-state index in [0.29, 0.717) is 26.1 Å². The molecule has 0 spiro atoms. The molecule has 0 aliphatic carbocycles. The topological polar surface area (TPSA) is 67.9 Å². The molecule has 1 fully saturated rings. The zero-order valence-electron chi connectivity index (χ0n) is 15.1. The summed E-state index contributed by atoms with van der Waals surface area (Å²) in [5.74, 6) is 1.50. The van der Waals surface area contributed by atoms with Gasteiger partial charge in [0.25, 0.3) is 0 Å². The number of carbonyl (C=O) groups excluding carboxylic acids is 2. The van der Waals surface area contributed by atoms with Gasteiger partial charge in [0, 0.05) is 37.6 Å². The van der Waals surface area contributed by atoms with Gasteiger partial charge in [0.05, 0.1) is 6.61 Å². The number of hydrogen-bond donors (Lipinski definition) is 1. The van der Waals surface area contributed by atoms with Crippen LogP contribution in [-0.4, -0.2) is 42.0 Å². The summed E-state index contributed by atoms with van der Waals surface area (Å²) in [6.07, 6.45) is 2.62. The second-order valence-electron chi connectivity index (χ2n) is 6.72. The first kappa shape index (κ1) is 17.6. The van der Waals surface area contributed by atoms with Gasteiger partial charge in [-0.2, -0.15) is 0 Å². The molecule has 3 rings (SSSR count). The van der Waals surface area contributed by atoms with E-state index >= 15 is 0 Å². The molecule has 6 heteroatoms. The quantitative estimate of drug-likeness (QED) is 0.886. The minimum absolute atomic E-state index is 0.0485. The fourth-order valence-corrected chi connectivity index (χ4v) is 3.63. The van der Waals surface area contributed by atoms with Crippen molar-refractivity contribution in [2.75, 3.05) is 13.2 Å². The highest BCUT2D eigenvalue weighted by Crippen LogP contribution is 2.35. The zero-order valence-corrected chi connectivity index (χ0v) is 15.1. The molecular formula is C19H26N2O4. The molecule has 2 atom stereocenters. The van der Waals surface area contributed by atoms with Crippen molar-refractivity contribution >= 4 is 11.8 Å². The molecular weight excluding hydrogens is 320 g/mol. The summed E-state index contributed by atoms with van der Waals surface area (Å²) in [5.41, 5.74) is 2.04. The normalized spacial score (nSPS) is 21.6.